The minimum absolute atomic E-state index is 0.0886. The molecule has 3 heterocycles. The van der Waals surface area contributed by atoms with E-state index in [9.17, 15) is 10.1 Å². The second kappa shape index (κ2) is 8.00. The lowest BCUT2D eigenvalue weighted by molar-refractivity contribution is 0.0765. The molecule has 0 radical (unpaired) electrons. The van der Waals surface area contributed by atoms with Gasteiger partial charge in [0.15, 0.2) is 11.4 Å². The van der Waals surface area contributed by atoms with Gasteiger partial charge >= 0.3 is 0 Å². The van der Waals surface area contributed by atoms with Gasteiger partial charge in [0.05, 0.1) is 11.8 Å². The van der Waals surface area contributed by atoms with Crippen LogP contribution in [0.4, 0.5) is 0 Å². The zero-order chi connectivity index (χ0) is 22.1. The van der Waals surface area contributed by atoms with Crippen LogP contribution in [0.15, 0.2) is 73.2 Å². The largest absolute Gasteiger partial charge is 0.453 e. The van der Waals surface area contributed by atoms with E-state index >= 15 is 0 Å². The van der Waals surface area contributed by atoms with Crippen molar-refractivity contribution in [3.8, 4) is 28.7 Å². The van der Waals surface area contributed by atoms with E-state index in [1.807, 2.05) is 61.9 Å². The van der Waals surface area contributed by atoms with E-state index in [2.05, 4.69) is 10.1 Å². The van der Waals surface area contributed by atoms with Gasteiger partial charge in [-0.25, -0.2) is 4.98 Å². The van der Waals surface area contributed by atoms with Crippen LogP contribution in [0.3, 0.4) is 0 Å². The molecule has 7 heteroatoms. The van der Waals surface area contributed by atoms with Crippen LogP contribution in [0.2, 0.25) is 0 Å². The fraction of sp³-hybridized carbons (Fsp3) is 0.120. The van der Waals surface area contributed by atoms with Crippen molar-refractivity contribution in [3.63, 3.8) is 0 Å². The van der Waals surface area contributed by atoms with Gasteiger partial charge in [-0.05, 0) is 34.9 Å². The third kappa shape index (κ3) is 3.59. The maximum absolute atomic E-state index is 13.2. The highest BCUT2D eigenvalue weighted by atomic mass is 16.5. The van der Waals surface area contributed by atoms with Gasteiger partial charge < -0.3 is 9.64 Å². The minimum Gasteiger partial charge on any atom is -0.453 e. The molecular formula is C25H19N5O2. The van der Waals surface area contributed by atoms with Crippen molar-refractivity contribution in [1.82, 2.24) is 19.7 Å². The van der Waals surface area contributed by atoms with Crippen molar-refractivity contribution < 1.29 is 9.53 Å². The quantitative estimate of drug-likeness (QED) is 0.480. The van der Waals surface area contributed by atoms with Crippen molar-refractivity contribution in [2.45, 2.75) is 13.1 Å². The van der Waals surface area contributed by atoms with Gasteiger partial charge in [0.25, 0.3) is 5.91 Å². The topological polar surface area (TPSA) is 84.0 Å². The molecule has 0 saturated carbocycles. The van der Waals surface area contributed by atoms with E-state index in [-0.39, 0.29) is 11.6 Å². The Kier molecular flexibility index (Phi) is 4.88. The first-order valence-corrected chi connectivity index (χ1v) is 10.1. The number of nitriles is 1. The number of fused-ring (bicyclic) bond motifs is 1. The highest BCUT2D eigenvalue weighted by Gasteiger charge is 2.31. The lowest BCUT2D eigenvalue weighted by Gasteiger charge is -2.16. The molecule has 0 N–H and O–H groups in total. The lowest BCUT2D eigenvalue weighted by atomic mass is 10.1. The molecule has 1 amide bonds. The van der Waals surface area contributed by atoms with Gasteiger partial charge in [-0.15, -0.1) is 0 Å². The Morgan fingerprint density at radius 3 is 2.62 bits per heavy atom. The minimum atomic E-state index is -0.0886. The number of ether oxygens (including phenoxy) is 1. The molecule has 0 saturated heterocycles. The van der Waals surface area contributed by atoms with Crippen molar-refractivity contribution in [1.29, 1.82) is 5.26 Å². The molecule has 2 aromatic heterocycles. The van der Waals surface area contributed by atoms with E-state index < -0.39 is 0 Å². The number of benzene rings is 2. The molecule has 1 aliphatic heterocycles. The van der Waals surface area contributed by atoms with Gasteiger partial charge in [-0.2, -0.15) is 10.4 Å². The maximum atomic E-state index is 13.2. The second-order valence-electron chi connectivity index (χ2n) is 7.62. The van der Waals surface area contributed by atoms with Gasteiger partial charge in [0.2, 0.25) is 0 Å². The van der Waals surface area contributed by atoms with Gasteiger partial charge in [0, 0.05) is 38.1 Å². The zero-order valence-electron chi connectivity index (χ0n) is 17.4. The van der Waals surface area contributed by atoms with Crippen molar-refractivity contribution >= 4 is 5.91 Å². The lowest BCUT2D eigenvalue weighted by Crippen LogP contribution is -2.23. The zero-order valence-corrected chi connectivity index (χ0v) is 17.4. The average molecular weight is 421 g/mol. The summed E-state index contributed by atoms with van der Waals surface area (Å²) in [6.45, 7) is 1.00. The van der Waals surface area contributed by atoms with Crippen molar-refractivity contribution in [2.75, 3.05) is 0 Å². The molecule has 5 rings (SSSR count). The normalized spacial score (nSPS) is 12.5. The molecular weight excluding hydrogens is 402 g/mol. The number of aryl methyl sites for hydroxylation is 1. The fourth-order valence-corrected chi connectivity index (χ4v) is 3.87. The maximum Gasteiger partial charge on any atom is 0.258 e. The summed E-state index contributed by atoms with van der Waals surface area (Å²) in [4.78, 5) is 19.0. The number of nitrogens with zero attached hydrogens (tertiary/aromatic N) is 5. The summed E-state index contributed by atoms with van der Waals surface area (Å²) in [6, 6.07) is 19.1. The number of aromatic nitrogens is 3. The second-order valence-corrected chi connectivity index (χ2v) is 7.62. The first-order chi connectivity index (χ1) is 15.6. The Morgan fingerprint density at radius 1 is 1.06 bits per heavy atom. The molecule has 0 spiro atoms. The summed E-state index contributed by atoms with van der Waals surface area (Å²) in [5.41, 5.74) is 4.80. The summed E-state index contributed by atoms with van der Waals surface area (Å²) >= 11 is 0. The first-order valence-electron chi connectivity index (χ1n) is 10.1. The smallest absolute Gasteiger partial charge is 0.258 e. The number of amides is 1. The summed E-state index contributed by atoms with van der Waals surface area (Å²) < 4.78 is 7.71. The molecule has 1 aliphatic rings. The summed E-state index contributed by atoms with van der Waals surface area (Å²) in [5, 5.41) is 13.5. The van der Waals surface area contributed by atoms with Crippen LogP contribution < -0.4 is 4.74 Å². The SMILES string of the molecule is Cn1cc(-c2ccc(CN3Cc4cccc(Oc5cccnc5C#N)c4C3=O)cc2)cn1. The summed E-state index contributed by atoms with van der Waals surface area (Å²) in [7, 11) is 1.89. The molecule has 7 nitrogen and oxygen atoms in total. The molecule has 0 bridgehead atoms. The van der Waals surface area contributed by atoms with E-state index in [4.69, 9.17) is 4.74 Å². The first kappa shape index (κ1) is 19.5. The molecule has 2 aromatic carbocycles. The van der Waals surface area contributed by atoms with Gasteiger partial charge in [-0.3, -0.25) is 9.48 Å². The Balaban J connectivity index is 1.36. The van der Waals surface area contributed by atoms with Crippen LogP contribution in [0.25, 0.3) is 11.1 Å². The predicted octanol–water partition coefficient (Wildman–Crippen LogP) is 4.30. The van der Waals surface area contributed by atoms with E-state index in [1.54, 1.807) is 27.8 Å². The number of rotatable bonds is 5. The fourth-order valence-electron chi connectivity index (χ4n) is 3.87. The number of carbonyl (C=O) groups is 1. The average Bonchev–Trinajstić information content (AvgIpc) is 3.38. The van der Waals surface area contributed by atoms with E-state index in [0.29, 0.717) is 30.2 Å². The van der Waals surface area contributed by atoms with Crippen molar-refractivity contribution in [2.24, 2.45) is 7.05 Å². The van der Waals surface area contributed by atoms with Crippen LogP contribution in [0, 0.1) is 11.3 Å². The molecule has 0 unspecified atom stereocenters. The van der Waals surface area contributed by atoms with E-state index in [0.717, 1.165) is 22.3 Å². The third-order valence-corrected chi connectivity index (χ3v) is 5.44. The van der Waals surface area contributed by atoms with Gasteiger partial charge in [-0.1, -0.05) is 36.4 Å². The van der Waals surface area contributed by atoms with Crippen LogP contribution >= 0.6 is 0 Å². The Labute approximate surface area is 185 Å². The Morgan fingerprint density at radius 2 is 1.88 bits per heavy atom. The highest BCUT2D eigenvalue weighted by molar-refractivity contribution is 6.01. The van der Waals surface area contributed by atoms with Gasteiger partial charge in [0.1, 0.15) is 11.8 Å². The highest BCUT2D eigenvalue weighted by Crippen LogP contribution is 2.35. The number of hydrogen-bond donors (Lipinski definition) is 0. The molecule has 0 aliphatic carbocycles. The molecule has 0 fully saturated rings. The summed E-state index contributed by atoms with van der Waals surface area (Å²) in [5.74, 6) is 0.682. The van der Waals surface area contributed by atoms with E-state index in [1.165, 1.54) is 6.20 Å². The molecule has 156 valence electrons. The van der Waals surface area contributed by atoms with Crippen molar-refractivity contribution in [3.05, 3.63) is 95.6 Å². The van der Waals surface area contributed by atoms with Crippen LogP contribution in [-0.4, -0.2) is 25.6 Å². The Hall–Kier alpha value is -4.44. The number of hydrogen-bond acceptors (Lipinski definition) is 5. The molecule has 0 atom stereocenters. The number of carbonyl (C=O) groups excluding carboxylic acids is 1. The monoisotopic (exact) mass is 421 g/mol. The van der Waals surface area contributed by atoms with Crippen LogP contribution in [0.1, 0.15) is 27.2 Å². The number of pyridine rings is 1. The third-order valence-electron chi connectivity index (χ3n) is 5.44. The van der Waals surface area contributed by atoms with Crippen LogP contribution in [-0.2, 0) is 20.1 Å². The van der Waals surface area contributed by atoms with Crippen LogP contribution in [0.5, 0.6) is 11.5 Å². The standard InChI is InChI=1S/C25H19N5O2/c1-29-15-20(13-28-29)18-9-7-17(8-10-18)14-30-16-19-4-2-5-23(24(19)25(30)31)32-22-6-3-11-27-21(22)12-26/h2-11,13,15H,14,16H2,1H3. The predicted molar refractivity (Wildman–Crippen MR) is 118 cm³/mol. The Bertz CT molecular complexity index is 1350. The summed E-state index contributed by atoms with van der Waals surface area (Å²) in [6.07, 6.45) is 5.33. The molecule has 4 aromatic rings. The molecule has 32 heavy (non-hydrogen) atoms.